The summed E-state index contributed by atoms with van der Waals surface area (Å²) < 4.78 is 2.75. The second-order valence-corrected chi connectivity index (χ2v) is 4.99. The number of anilines is 1. The zero-order valence-electron chi connectivity index (χ0n) is 9.99. The Kier molecular flexibility index (Phi) is 3.05. The molecular weight excluding hydrogens is 304 g/mol. The fourth-order valence-electron chi connectivity index (χ4n) is 1.85. The molecule has 0 unspecified atom stereocenters. The summed E-state index contributed by atoms with van der Waals surface area (Å²) in [5.74, 6) is 0.601. The van der Waals surface area contributed by atoms with E-state index >= 15 is 0 Å². The Balaban J connectivity index is 2.04. The molecule has 94 valence electrons. The van der Waals surface area contributed by atoms with Gasteiger partial charge in [0.15, 0.2) is 0 Å². The first-order chi connectivity index (χ1) is 9.24. The maximum atomic E-state index is 6.01. The predicted molar refractivity (Wildman–Crippen MR) is 78.9 cm³/mol. The van der Waals surface area contributed by atoms with E-state index in [0.717, 1.165) is 21.4 Å². The van der Waals surface area contributed by atoms with Crippen molar-refractivity contribution in [2.24, 2.45) is 0 Å². The molecule has 4 nitrogen and oxygen atoms in total. The molecule has 5 heteroatoms. The second-order valence-electron chi connectivity index (χ2n) is 4.08. The molecule has 0 amide bonds. The van der Waals surface area contributed by atoms with Crippen molar-refractivity contribution in [3.63, 3.8) is 0 Å². The van der Waals surface area contributed by atoms with E-state index in [1.165, 1.54) is 0 Å². The highest BCUT2D eigenvalue weighted by Crippen LogP contribution is 2.24. The van der Waals surface area contributed by atoms with E-state index < -0.39 is 0 Å². The van der Waals surface area contributed by atoms with Crippen LogP contribution in [-0.2, 0) is 0 Å². The number of hydrogen-bond donors (Lipinski definition) is 1. The standard InChI is InChI=1S/C14H11BrN4/c15-11-3-1-10(2-4-11)13-9-14(16)19(18-13)12-5-7-17-8-6-12/h1-9H,16H2. The van der Waals surface area contributed by atoms with Crippen LogP contribution in [0, 0.1) is 0 Å². The van der Waals surface area contributed by atoms with Crippen molar-refractivity contribution in [2.45, 2.75) is 0 Å². The van der Waals surface area contributed by atoms with Gasteiger partial charge in [0.1, 0.15) is 5.82 Å². The van der Waals surface area contributed by atoms with Crippen LogP contribution in [0.25, 0.3) is 16.9 Å². The molecule has 2 heterocycles. The lowest BCUT2D eigenvalue weighted by atomic mass is 10.2. The number of benzene rings is 1. The van der Waals surface area contributed by atoms with E-state index in [1.54, 1.807) is 17.1 Å². The molecule has 2 aromatic heterocycles. The lowest BCUT2D eigenvalue weighted by Gasteiger charge is -2.02. The highest BCUT2D eigenvalue weighted by Gasteiger charge is 2.08. The molecule has 19 heavy (non-hydrogen) atoms. The summed E-state index contributed by atoms with van der Waals surface area (Å²) in [5.41, 5.74) is 8.79. The number of nitrogen functional groups attached to an aromatic ring is 1. The fraction of sp³-hybridized carbons (Fsp3) is 0. The number of halogens is 1. The van der Waals surface area contributed by atoms with E-state index in [4.69, 9.17) is 5.73 Å². The highest BCUT2D eigenvalue weighted by molar-refractivity contribution is 9.10. The molecular formula is C14H11BrN4. The SMILES string of the molecule is Nc1cc(-c2ccc(Br)cc2)nn1-c1ccncc1. The molecule has 0 aliphatic heterocycles. The topological polar surface area (TPSA) is 56.7 Å². The third kappa shape index (κ3) is 2.37. The van der Waals surface area contributed by atoms with Crippen LogP contribution in [0.1, 0.15) is 0 Å². The minimum absolute atomic E-state index is 0.601. The van der Waals surface area contributed by atoms with Gasteiger partial charge in [-0.25, -0.2) is 4.68 Å². The first-order valence-electron chi connectivity index (χ1n) is 5.76. The van der Waals surface area contributed by atoms with Crippen molar-refractivity contribution in [1.82, 2.24) is 14.8 Å². The number of aromatic nitrogens is 3. The van der Waals surface area contributed by atoms with Gasteiger partial charge in [-0.3, -0.25) is 4.98 Å². The second kappa shape index (κ2) is 4.85. The Bertz CT molecular complexity index is 689. The van der Waals surface area contributed by atoms with Gasteiger partial charge in [0, 0.05) is 28.5 Å². The molecule has 0 aliphatic carbocycles. The van der Waals surface area contributed by atoms with Crippen LogP contribution in [-0.4, -0.2) is 14.8 Å². The summed E-state index contributed by atoms with van der Waals surface area (Å²) in [5, 5.41) is 4.53. The molecule has 0 saturated carbocycles. The van der Waals surface area contributed by atoms with Gasteiger partial charge < -0.3 is 5.73 Å². The van der Waals surface area contributed by atoms with Gasteiger partial charge in [-0.2, -0.15) is 5.10 Å². The Morgan fingerprint density at radius 2 is 1.68 bits per heavy atom. The summed E-state index contributed by atoms with van der Waals surface area (Å²) in [6.07, 6.45) is 3.44. The van der Waals surface area contributed by atoms with E-state index in [-0.39, 0.29) is 0 Å². The molecule has 0 atom stereocenters. The van der Waals surface area contributed by atoms with Gasteiger partial charge in [0.2, 0.25) is 0 Å². The van der Waals surface area contributed by atoms with Crippen molar-refractivity contribution in [3.8, 4) is 16.9 Å². The summed E-state index contributed by atoms with van der Waals surface area (Å²) in [6, 6.07) is 13.6. The van der Waals surface area contributed by atoms with Gasteiger partial charge in [0.25, 0.3) is 0 Å². The number of rotatable bonds is 2. The lowest BCUT2D eigenvalue weighted by Crippen LogP contribution is -2.01. The summed E-state index contributed by atoms with van der Waals surface area (Å²) >= 11 is 3.42. The number of nitrogens with zero attached hydrogens (tertiary/aromatic N) is 3. The number of pyridine rings is 1. The Morgan fingerprint density at radius 3 is 2.37 bits per heavy atom. The largest absolute Gasteiger partial charge is 0.384 e. The fourth-order valence-corrected chi connectivity index (χ4v) is 2.11. The third-order valence-electron chi connectivity index (χ3n) is 2.78. The maximum absolute atomic E-state index is 6.01. The molecule has 0 saturated heterocycles. The van der Waals surface area contributed by atoms with Crippen molar-refractivity contribution >= 4 is 21.7 Å². The summed E-state index contributed by atoms with van der Waals surface area (Å²) in [7, 11) is 0. The van der Waals surface area contributed by atoms with Crippen LogP contribution in [0.15, 0.2) is 59.3 Å². The first-order valence-corrected chi connectivity index (χ1v) is 6.55. The van der Waals surface area contributed by atoms with Gasteiger partial charge in [0.05, 0.1) is 11.4 Å². The lowest BCUT2D eigenvalue weighted by molar-refractivity contribution is 0.892. The molecule has 0 fully saturated rings. The molecule has 0 aliphatic rings. The van der Waals surface area contributed by atoms with Gasteiger partial charge in [-0.05, 0) is 24.3 Å². The van der Waals surface area contributed by atoms with E-state index in [0.29, 0.717) is 5.82 Å². The minimum atomic E-state index is 0.601. The molecule has 0 spiro atoms. The van der Waals surface area contributed by atoms with Gasteiger partial charge in [-0.1, -0.05) is 28.1 Å². The van der Waals surface area contributed by atoms with Gasteiger partial charge in [-0.15, -0.1) is 0 Å². The Labute approximate surface area is 119 Å². The summed E-state index contributed by atoms with van der Waals surface area (Å²) in [4.78, 5) is 3.99. The Hall–Kier alpha value is -2.14. The van der Waals surface area contributed by atoms with Crippen molar-refractivity contribution in [3.05, 3.63) is 59.3 Å². The molecule has 1 aromatic carbocycles. The average Bonchev–Trinajstić information content (AvgIpc) is 2.83. The van der Waals surface area contributed by atoms with Crippen LogP contribution in [0.2, 0.25) is 0 Å². The van der Waals surface area contributed by atoms with E-state index in [9.17, 15) is 0 Å². The monoisotopic (exact) mass is 314 g/mol. The first kappa shape index (κ1) is 11.9. The maximum Gasteiger partial charge on any atom is 0.127 e. The zero-order chi connectivity index (χ0) is 13.2. The molecule has 3 rings (SSSR count). The Morgan fingerprint density at radius 1 is 1.00 bits per heavy atom. The predicted octanol–water partition coefficient (Wildman–Crippen LogP) is 3.28. The number of hydrogen-bond acceptors (Lipinski definition) is 3. The van der Waals surface area contributed by atoms with Crippen molar-refractivity contribution < 1.29 is 0 Å². The normalized spacial score (nSPS) is 10.6. The molecule has 3 aromatic rings. The number of nitrogens with two attached hydrogens (primary N) is 1. The van der Waals surface area contributed by atoms with Crippen LogP contribution in [0.3, 0.4) is 0 Å². The smallest absolute Gasteiger partial charge is 0.127 e. The zero-order valence-corrected chi connectivity index (χ0v) is 11.6. The van der Waals surface area contributed by atoms with Crippen LogP contribution >= 0.6 is 15.9 Å². The average molecular weight is 315 g/mol. The van der Waals surface area contributed by atoms with E-state index in [1.807, 2.05) is 42.5 Å². The van der Waals surface area contributed by atoms with Crippen LogP contribution in [0.5, 0.6) is 0 Å². The van der Waals surface area contributed by atoms with Crippen LogP contribution < -0.4 is 5.73 Å². The third-order valence-corrected chi connectivity index (χ3v) is 3.31. The molecule has 0 bridgehead atoms. The minimum Gasteiger partial charge on any atom is -0.384 e. The summed E-state index contributed by atoms with van der Waals surface area (Å²) in [6.45, 7) is 0. The van der Waals surface area contributed by atoms with Crippen molar-refractivity contribution in [2.75, 3.05) is 5.73 Å². The molecule has 2 N–H and O–H groups in total. The van der Waals surface area contributed by atoms with Crippen LogP contribution in [0.4, 0.5) is 5.82 Å². The highest BCUT2D eigenvalue weighted by atomic mass is 79.9. The quantitative estimate of drug-likeness (QED) is 0.789. The van der Waals surface area contributed by atoms with E-state index in [2.05, 4.69) is 26.0 Å². The molecule has 0 radical (unpaired) electrons. The van der Waals surface area contributed by atoms with Gasteiger partial charge >= 0.3 is 0 Å². The van der Waals surface area contributed by atoms with Crippen molar-refractivity contribution in [1.29, 1.82) is 0 Å².